The highest BCUT2D eigenvalue weighted by molar-refractivity contribution is 7.87. The van der Waals surface area contributed by atoms with Gasteiger partial charge in [-0.1, -0.05) is 76.5 Å². The molecule has 0 bridgehead atoms. The molecule has 6 heteroatoms. The van der Waals surface area contributed by atoms with E-state index in [1.807, 2.05) is 36.5 Å². The van der Waals surface area contributed by atoms with Gasteiger partial charge in [-0.3, -0.25) is 0 Å². The predicted octanol–water partition coefficient (Wildman–Crippen LogP) is 5.02. The van der Waals surface area contributed by atoms with Crippen molar-refractivity contribution in [1.82, 2.24) is 8.28 Å². The lowest BCUT2D eigenvalue weighted by molar-refractivity contribution is -0.685. The molecule has 1 aromatic heterocycles. The summed E-state index contributed by atoms with van der Waals surface area (Å²) in [5, 5.41) is 0. The van der Waals surface area contributed by atoms with E-state index >= 15 is 0 Å². The fourth-order valence-electron chi connectivity index (χ4n) is 3.60. The number of imidazole rings is 1. The number of rotatable bonds is 14. The van der Waals surface area contributed by atoms with Crippen molar-refractivity contribution in [3.8, 4) is 11.4 Å². The third-order valence-electron chi connectivity index (χ3n) is 5.36. The van der Waals surface area contributed by atoms with Gasteiger partial charge >= 0.3 is 16.0 Å². The Balaban J connectivity index is 1.93. The lowest BCUT2D eigenvalue weighted by Crippen LogP contribution is -2.37. The van der Waals surface area contributed by atoms with Gasteiger partial charge in [0.05, 0.1) is 12.1 Å². The van der Waals surface area contributed by atoms with Crippen LogP contribution in [0.25, 0.3) is 11.4 Å². The summed E-state index contributed by atoms with van der Waals surface area (Å²) in [6.45, 7) is 3.09. The fourth-order valence-corrected chi connectivity index (χ4v) is 4.59. The average molecular weight is 421 g/mol. The van der Waals surface area contributed by atoms with Gasteiger partial charge in [0.25, 0.3) is 0 Å². The lowest BCUT2D eigenvalue weighted by Gasteiger charge is -2.10. The molecule has 0 amide bonds. The Morgan fingerprint density at radius 2 is 1.41 bits per heavy atom. The van der Waals surface area contributed by atoms with Crippen molar-refractivity contribution < 1.29 is 13.0 Å². The number of aromatic nitrogens is 2. The molecule has 29 heavy (non-hydrogen) atoms. The quantitative estimate of drug-likeness (QED) is 0.318. The van der Waals surface area contributed by atoms with Gasteiger partial charge in [0.1, 0.15) is 12.4 Å². The highest BCUT2D eigenvalue weighted by Gasteiger charge is 2.30. The number of hydrogen-bond donors (Lipinski definition) is 0. The van der Waals surface area contributed by atoms with E-state index in [2.05, 4.69) is 11.5 Å². The van der Waals surface area contributed by atoms with Gasteiger partial charge in [0.15, 0.2) is 0 Å². The topological polar surface area (TPSA) is 46.2 Å². The minimum atomic E-state index is -3.56. The first-order valence-electron chi connectivity index (χ1n) is 11.1. The Labute approximate surface area is 177 Å². The summed E-state index contributed by atoms with van der Waals surface area (Å²) in [6.07, 6.45) is 16.5. The molecule has 2 aromatic rings. The summed E-state index contributed by atoms with van der Waals surface area (Å²) in [7, 11) is -0.426. The Hall–Kier alpha value is -1.66. The van der Waals surface area contributed by atoms with E-state index in [1.165, 1.54) is 66.1 Å². The van der Waals surface area contributed by atoms with E-state index in [-0.39, 0.29) is 0 Å². The van der Waals surface area contributed by atoms with Crippen LogP contribution in [0.5, 0.6) is 0 Å². The van der Waals surface area contributed by atoms with Crippen LogP contribution in [0.1, 0.15) is 71.1 Å². The molecule has 0 fully saturated rings. The number of hydrogen-bond acceptors (Lipinski definition) is 2. The molecule has 0 radical (unpaired) electrons. The summed E-state index contributed by atoms with van der Waals surface area (Å²) < 4.78 is 30.2. The van der Waals surface area contributed by atoms with Gasteiger partial charge in [0, 0.05) is 14.1 Å². The van der Waals surface area contributed by atoms with Crippen molar-refractivity contribution >= 4 is 10.2 Å². The largest absolute Gasteiger partial charge is 0.379 e. The monoisotopic (exact) mass is 420 g/mol. The maximum Gasteiger partial charge on any atom is 0.379 e. The molecular weight excluding hydrogens is 382 g/mol. The normalized spacial score (nSPS) is 12.0. The zero-order valence-electron chi connectivity index (χ0n) is 18.4. The van der Waals surface area contributed by atoms with Gasteiger partial charge in [-0.25, -0.2) is 4.57 Å². The predicted molar refractivity (Wildman–Crippen MR) is 120 cm³/mol. The maximum absolute atomic E-state index is 12.8. The molecule has 162 valence electrons. The second-order valence-electron chi connectivity index (χ2n) is 7.95. The molecule has 2 rings (SSSR count). The van der Waals surface area contributed by atoms with Crippen LogP contribution in [0.2, 0.25) is 0 Å². The van der Waals surface area contributed by atoms with Gasteiger partial charge in [-0.2, -0.15) is 12.7 Å². The van der Waals surface area contributed by atoms with Crippen molar-refractivity contribution in [3.63, 3.8) is 0 Å². The van der Waals surface area contributed by atoms with Crippen LogP contribution >= 0.6 is 0 Å². The minimum Gasteiger partial charge on any atom is -0.229 e. The van der Waals surface area contributed by atoms with Gasteiger partial charge in [-0.05, 0) is 25.0 Å². The zero-order chi connectivity index (χ0) is 21.1. The van der Waals surface area contributed by atoms with E-state index < -0.39 is 10.2 Å². The number of nitrogens with zero attached hydrogens (tertiary/aromatic N) is 3. The summed E-state index contributed by atoms with van der Waals surface area (Å²) >= 11 is 0. The molecule has 0 aliphatic rings. The smallest absolute Gasteiger partial charge is 0.229 e. The number of aryl methyl sites for hydroxylation is 1. The first-order chi connectivity index (χ1) is 14.0. The van der Waals surface area contributed by atoms with Crippen molar-refractivity contribution in [2.24, 2.45) is 0 Å². The first kappa shape index (κ1) is 23.6. The molecule has 1 aromatic carbocycles. The van der Waals surface area contributed by atoms with E-state index in [0.717, 1.165) is 24.4 Å². The van der Waals surface area contributed by atoms with E-state index in [1.54, 1.807) is 20.3 Å². The molecule has 0 unspecified atom stereocenters. The van der Waals surface area contributed by atoms with Crippen LogP contribution in [0.4, 0.5) is 0 Å². The summed E-state index contributed by atoms with van der Waals surface area (Å²) in [5.41, 5.74) is 0.912. The van der Waals surface area contributed by atoms with Crippen LogP contribution in [0, 0.1) is 0 Å². The summed E-state index contributed by atoms with van der Waals surface area (Å²) in [6, 6.07) is 9.77. The minimum absolute atomic E-state index is 0.718. The lowest BCUT2D eigenvalue weighted by atomic mass is 10.1. The molecule has 5 nitrogen and oxygen atoms in total. The van der Waals surface area contributed by atoms with Crippen LogP contribution in [0.15, 0.2) is 42.7 Å². The van der Waals surface area contributed by atoms with Gasteiger partial charge < -0.3 is 0 Å². The molecule has 0 saturated carbocycles. The highest BCUT2D eigenvalue weighted by atomic mass is 32.2. The molecule has 0 saturated heterocycles. The van der Waals surface area contributed by atoms with Gasteiger partial charge in [-0.15, -0.1) is 3.97 Å². The van der Waals surface area contributed by atoms with Gasteiger partial charge in [0.2, 0.25) is 0 Å². The van der Waals surface area contributed by atoms with E-state index in [0.29, 0.717) is 0 Å². The zero-order valence-corrected chi connectivity index (χ0v) is 19.2. The molecular formula is C23H38N3O2S+. The molecule has 1 heterocycles. The molecule has 0 aliphatic carbocycles. The van der Waals surface area contributed by atoms with E-state index in [9.17, 15) is 8.42 Å². The second kappa shape index (κ2) is 12.1. The highest BCUT2D eigenvalue weighted by Crippen LogP contribution is 2.19. The van der Waals surface area contributed by atoms with Crippen molar-refractivity contribution in [3.05, 3.63) is 42.7 Å². The maximum atomic E-state index is 12.8. The Morgan fingerprint density at radius 1 is 0.862 bits per heavy atom. The first-order valence-corrected chi connectivity index (χ1v) is 12.5. The Morgan fingerprint density at radius 3 is 1.97 bits per heavy atom. The second-order valence-corrected chi connectivity index (χ2v) is 9.97. The van der Waals surface area contributed by atoms with Crippen molar-refractivity contribution in [1.29, 1.82) is 0 Å². The SMILES string of the molecule is CCCCCCCCCCCC[n+]1ccn(S(=O)(=O)N(C)C)c1-c1ccccc1. The van der Waals surface area contributed by atoms with Crippen LogP contribution in [-0.2, 0) is 16.8 Å². The van der Waals surface area contributed by atoms with Crippen LogP contribution in [-0.4, -0.2) is 30.8 Å². The number of unbranched alkanes of at least 4 members (excludes halogenated alkanes) is 9. The molecule has 0 N–H and O–H groups in total. The molecule has 0 atom stereocenters. The Bertz CT molecular complexity index is 814. The third kappa shape index (κ3) is 6.96. The standard InChI is InChI=1S/C23H38N3O2S/c1-4-5-6-7-8-9-10-11-12-16-19-25-20-21-26(29(27,28)24(2)3)23(25)22-17-14-13-15-18-22/h13-15,17-18,20-21H,4-12,16,19H2,1-3H3/q+1. The van der Waals surface area contributed by atoms with Crippen LogP contribution in [0.3, 0.4) is 0 Å². The van der Waals surface area contributed by atoms with Crippen molar-refractivity contribution in [2.75, 3.05) is 14.1 Å². The third-order valence-corrected chi connectivity index (χ3v) is 7.07. The fraction of sp³-hybridized carbons (Fsp3) is 0.609. The molecule has 0 spiro atoms. The van der Waals surface area contributed by atoms with E-state index in [4.69, 9.17) is 0 Å². The summed E-state index contributed by atoms with van der Waals surface area (Å²) in [5.74, 6) is 0.718. The van der Waals surface area contributed by atoms with Crippen LogP contribution < -0.4 is 4.57 Å². The number of benzene rings is 1. The summed E-state index contributed by atoms with van der Waals surface area (Å²) in [4.78, 5) is 0. The Kier molecular flexibility index (Phi) is 9.88. The van der Waals surface area contributed by atoms with Crippen molar-refractivity contribution in [2.45, 2.75) is 77.7 Å². The average Bonchev–Trinajstić information content (AvgIpc) is 3.14. The molecule has 0 aliphatic heterocycles.